The molecule has 0 aliphatic heterocycles. The third-order valence-electron chi connectivity index (χ3n) is 3.61. The van der Waals surface area contributed by atoms with Crippen LogP contribution in [0.2, 0.25) is 0 Å². The van der Waals surface area contributed by atoms with Crippen LogP contribution in [0, 0.1) is 5.92 Å². The fraction of sp³-hybridized carbons (Fsp3) is 0.500. The molecule has 0 heterocycles. The largest absolute Gasteiger partial charge is 0.508 e. The number of hydrogen-bond donors (Lipinski definition) is 3. The first-order valence-corrected chi connectivity index (χ1v) is 6.39. The zero-order valence-corrected chi connectivity index (χ0v) is 10.6. The Hall–Kier alpha value is -1.55. The van der Waals surface area contributed by atoms with E-state index in [1.165, 1.54) is 0 Å². The normalized spacial score (nSPS) is 27.8. The number of nitrogens with one attached hydrogen (secondary N) is 1. The Balaban J connectivity index is 2.04. The van der Waals surface area contributed by atoms with Crippen molar-refractivity contribution in [2.75, 3.05) is 5.32 Å². The molecule has 1 aliphatic carbocycles. The van der Waals surface area contributed by atoms with Gasteiger partial charge in [0.1, 0.15) is 5.75 Å². The lowest BCUT2D eigenvalue weighted by Crippen LogP contribution is -2.53. The maximum absolute atomic E-state index is 12.2. The van der Waals surface area contributed by atoms with Gasteiger partial charge in [-0.05, 0) is 43.0 Å². The molecule has 4 heteroatoms. The average Bonchev–Trinajstić information content (AvgIpc) is 2.32. The van der Waals surface area contributed by atoms with E-state index in [0.29, 0.717) is 11.6 Å². The van der Waals surface area contributed by atoms with Gasteiger partial charge in [0.25, 0.3) is 0 Å². The zero-order chi connectivity index (χ0) is 13.2. The highest BCUT2D eigenvalue weighted by Crippen LogP contribution is 2.31. The van der Waals surface area contributed by atoms with E-state index in [-0.39, 0.29) is 11.7 Å². The number of amides is 1. The summed E-state index contributed by atoms with van der Waals surface area (Å²) >= 11 is 0. The van der Waals surface area contributed by atoms with E-state index in [9.17, 15) is 9.90 Å². The molecule has 0 spiro atoms. The number of benzene rings is 1. The van der Waals surface area contributed by atoms with Crippen LogP contribution in [-0.2, 0) is 4.79 Å². The number of anilines is 1. The van der Waals surface area contributed by atoms with E-state index in [0.717, 1.165) is 25.7 Å². The third kappa shape index (κ3) is 2.82. The number of carbonyl (C=O) groups excluding carboxylic acids is 1. The van der Waals surface area contributed by atoms with Crippen LogP contribution >= 0.6 is 0 Å². The summed E-state index contributed by atoms with van der Waals surface area (Å²) in [6.07, 6.45) is 3.62. The van der Waals surface area contributed by atoms with Gasteiger partial charge in [0.2, 0.25) is 5.91 Å². The van der Waals surface area contributed by atoms with Crippen molar-refractivity contribution in [1.82, 2.24) is 0 Å². The Kier molecular flexibility index (Phi) is 3.57. The van der Waals surface area contributed by atoms with Crippen LogP contribution in [0.5, 0.6) is 5.75 Å². The highest BCUT2D eigenvalue weighted by atomic mass is 16.3. The number of phenolic OH excluding ortho intramolecular Hbond substituents is 1. The number of carbonyl (C=O) groups is 1. The number of hydrogen-bond acceptors (Lipinski definition) is 3. The molecule has 1 aromatic rings. The Morgan fingerprint density at radius 1 is 1.44 bits per heavy atom. The van der Waals surface area contributed by atoms with Crippen LogP contribution in [0.25, 0.3) is 0 Å². The first-order valence-electron chi connectivity index (χ1n) is 6.39. The van der Waals surface area contributed by atoms with Crippen LogP contribution in [0.4, 0.5) is 5.69 Å². The monoisotopic (exact) mass is 248 g/mol. The van der Waals surface area contributed by atoms with Crippen molar-refractivity contribution < 1.29 is 9.90 Å². The number of aromatic hydroxyl groups is 1. The lowest BCUT2D eigenvalue weighted by Gasteiger charge is -2.35. The summed E-state index contributed by atoms with van der Waals surface area (Å²) in [6, 6.07) is 6.43. The molecule has 1 saturated carbocycles. The van der Waals surface area contributed by atoms with E-state index in [1.807, 2.05) is 0 Å². The molecule has 0 saturated heterocycles. The summed E-state index contributed by atoms with van der Waals surface area (Å²) in [5.74, 6) is 0.552. The summed E-state index contributed by atoms with van der Waals surface area (Å²) in [5, 5.41) is 12.0. The second kappa shape index (κ2) is 4.98. The van der Waals surface area contributed by atoms with Crippen molar-refractivity contribution in [3.05, 3.63) is 24.3 Å². The van der Waals surface area contributed by atoms with Gasteiger partial charge in [0.15, 0.2) is 0 Å². The maximum atomic E-state index is 12.2. The molecule has 2 rings (SSSR count). The molecule has 2 unspecified atom stereocenters. The summed E-state index contributed by atoms with van der Waals surface area (Å²) in [7, 11) is 0. The quantitative estimate of drug-likeness (QED) is 0.702. The number of rotatable bonds is 2. The molecule has 0 aromatic heterocycles. The van der Waals surface area contributed by atoms with Gasteiger partial charge in [-0.2, -0.15) is 0 Å². The highest BCUT2D eigenvalue weighted by molar-refractivity contribution is 5.98. The minimum atomic E-state index is -0.754. The Bertz CT molecular complexity index is 430. The second-order valence-electron chi connectivity index (χ2n) is 5.36. The molecule has 4 N–H and O–H groups in total. The van der Waals surface area contributed by atoms with Gasteiger partial charge in [0, 0.05) is 5.69 Å². The molecule has 2 atom stereocenters. The lowest BCUT2D eigenvalue weighted by atomic mass is 9.76. The minimum Gasteiger partial charge on any atom is -0.508 e. The van der Waals surface area contributed by atoms with Crippen molar-refractivity contribution >= 4 is 11.6 Å². The molecule has 1 aliphatic rings. The number of nitrogens with two attached hydrogens (primary N) is 1. The number of phenols is 1. The average molecular weight is 248 g/mol. The first-order chi connectivity index (χ1) is 8.49. The Morgan fingerprint density at radius 2 is 2.11 bits per heavy atom. The van der Waals surface area contributed by atoms with E-state index >= 15 is 0 Å². The summed E-state index contributed by atoms with van der Waals surface area (Å²) in [4.78, 5) is 12.2. The molecule has 98 valence electrons. The fourth-order valence-corrected chi connectivity index (χ4v) is 2.60. The SMILES string of the molecule is CC1CCCC(N)(C(=O)Nc2ccc(O)cc2)C1. The fourth-order valence-electron chi connectivity index (χ4n) is 2.60. The Morgan fingerprint density at radius 3 is 2.72 bits per heavy atom. The van der Waals surface area contributed by atoms with E-state index in [4.69, 9.17) is 5.73 Å². The first kappa shape index (κ1) is 12.9. The van der Waals surface area contributed by atoms with Gasteiger partial charge in [-0.25, -0.2) is 0 Å². The highest BCUT2D eigenvalue weighted by Gasteiger charge is 2.37. The molecule has 1 aromatic carbocycles. The van der Waals surface area contributed by atoms with E-state index < -0.39 is 5.54 Å². The van der Waals surface area contributed by atoms with Crippen molar-refractivity contribution in [2.45, 2.75) is 38.1 Å². The van der Waals surface area contributed by atoms with Gasteiger partial charge in [0.05, 0.1) is 5.54 Å². The van der Waals surface area contributed by atoms with Gasteiger partial charge in [-0.3, -0.25) is 4.79 Å². The second-order valence-corrected chi connectivity index (χ2v) is 5.36. The van der Waals surface area contributed by atoms with Crippen LogP contribution in [0.15, 0.2) is 24.3 Å². The Labute approximate surface area is 107 Å². The van der Waals surface area contributed by atoms with Gasteiger partial charge in [-0.1, -0.05) is 19.8 Å². The molecule has 1 fully saturated rings. The summed E-state index contributed by atoms with van der Waals surface area (Å²) in [6.45, 7) is 2.13. The van der Waals surface area contributed by atoms with E-state index in [1.54, 1.807) is 24.3 Å². The maximum Gasteiger partial charge on any atom is 0.244 e. The van der Waals surface area contributed by atoms with E-state index in [2.05, 4.69) is 12.2 Å². The van der Waals surface area contributed by atoms with Crippen LogP contribution in [-0.4, -0.2) is 16.6 Å². The molecule has 18 heavy (non-hydrogen) atoms. The van der Waals surface area contributed by atoms with Crippen LogP contribution in [0.1, 0.15) is 32.6 Å². The van der Waals surface area contributed by atoms with Gasteiger partial charge in [-0.15, -0.1) is 0 Å². The molecule has 4 nitrogen and oxygen atoms in total. The molecular weight excluding hydrogens is 228 g/mol. The van der Waals surface area contributed by atoms with Gasteiger partial charge < -0.3 is 16.2 Å². The van der Waals surface area contributed by atoms with Crippen molar-refractivity contribution in [3.63, 3.8) is 0 Å². The van der Waals surface area contributed by atoms with Crippen LogP contribution in [0.3, 0.4) is 0 Å². The third-order valence-corrected chi connectivity index (χ3v) is 3.61. The predicted molar refractivity (Wildman–Crippen MR) is 71.3 cm³/mol. The topological polar surface area (TPSA) is 75.4 Å². The van der Waals surface area contributed by atoms with Crippen LogP contribution < -0.4 is 11.1 Å². The smallest absolute Gasteiger partial charge is 0.244 e. The standard InChI is InChI=1S/C14H20N2O2/c1-10-3-2-8-14(15,9-10)13(18)16-11-4-6-12(17)7-5-11/h4-7,10,17H,2-3,8-9,15H2,1H3,(H,16,18). The predicted octanol–water partition coefficient (Wildman–Crippen LogP) is 2.24. The summed E-state index contributed by atoms with van der Waals surface area (Å²) in [5.41, 5.74) is 6.12. The minimum absolute atomic E-state index is 0.125. The molecular formula is C14H20N2O2. The van der Waals surface area contributed by atoms with Gasteiger partial charge >= 0.3 is 0 Å². The molecule has 0 radical (unpaired) electrons. The van der Waals surface area contributed by atoms with Crippen molar-refractivity contribution in [2.24, 2.45) is 11.7 Å². The molecule has 1 amide bonds. The van der Waals surface area contributed by atoms with Crippen molar-refractivity contribution in [1.29, 1.82) is 0 Å². The summed E-state index contributed by atoms with van der Waals surface area (Å²) < 4.78 is 0. The van der Waals surface area contributed by atoms with Crippen molar-refractivity contribution in [3.8, 4) is 5.75 Å². The molecule has 0 bridgehead atoms. The zero-order valence-electron chi connectivity index (χ0n) is 10.6. The lowest BCUT2D eigenvalue weighted by molar-refractivity contribution is -0.122.